The molecule has 8 heteroatoms. The molecular weight excluding hydrogens is 297 g/mol. The number of hydrogen-bond donors (Lipinski definition) is 1. The molecule has 1 N–H and O–H groups in total. The first kappa shape index (κ1) is 17.4. The van der Waals surface area contributed by atoms with Crippen LogP contribution in [0.5, 0.6) is 0 Å². The highest BCUT2D eigenvalue weighted by Crippen LogP contribution is 2.24. The van der Waals surface area contributed by atoms with Crippen molar-refractivity contribution < 1.29 is 31.9 Å². The van der Waals surface area contributed by atoms with E-state index in [-0.39, 0.29) is 12.5 Å². The Morgan fingerprint density at radius 1 is 1.00 bits per heavy atom. The Balaban J connectivity index is 3.17. The van der Waals surface area contributed by atoms with Crippen molar-refractivity contribution >= 4 is 5.97 Å². The summed E-state index contributed by atoms with van der Waals surface area (Å²) in [6.07, 6.45) is 0. The topological polar surface area (TPSA) is 40.5 Å². The highest BCUT2D eigenvalue weighted by molar-refractivity contribution is 5.69. The van der Waals surface area contributed by atoms with Crippen LogP contribution < -0.4 is 0 Å². The van der Waals surface area contributed by atoms with Crippen molar-refractivity contribution in [2.24, 2.45) is 5.92 Å². The molecule has 0 amide bonds. The lowest BCUT2D eigenvalue weighted by atomic mass is 10.1. The third kappa shape index (κ3) is 4.13. The van der Waals surface area contributed by atoms with Crippen LogP contribution in [0.25, 0.3) is 0 Å². The Kier molecular flexibility index (Phi) is 5.65. The van der Waals surface area contributed by atoms with Crippen LogP contribution >= 0.6 is 0 Å². The van der Waals surface area contributed by atoms with Crippen LogP contribution in [0.3, 0.4) is 0 Å². The van der Waals surface area contributed by atoms with E-state index in [2.05, 4.69) is 0 Å². The number of benzene rings is 1. The number of nitrogens with zero attached hydrogens (tertiary/aromatic N) is 1. The quantitative estimate of drug-likeness (QED) is 0.499. The molecule has 0 saturated carbocycles. The van der Waals surface area contributed by atoms with Crippen LogP contribution in [0, 0.1) is 35.0 Å². The number of hydrogen-bond acceptors (Lipinski definition) is 2. The van der Waals surface area contributed by atoms with Crippen LogP contribution in [0.15, 0.2) is 0 Å². The molecule has 0 saturated heterocycles. The van der Waals surface area contributed by atoms with Gasteiger partial charge in [-0.25, -0.2) is 22.0 Å². The Bertz CT molecular complexity index is 519. The van der Waals surface area contributed by atoms with Crippen molar-refractivity contribution in [3.05, 3.63) is 34.6 Å². The average Bonchev–Trinajstić information content (AvgIpc) is 2.37. The fraction of sp³-hybridized carbons (Fsp3) is 0.462. The van der Waals surface area contributed by atoms with Crippen molar-refractivity contribution in [1.29, 1.82) is 0 Å². The number of carbonyl (C=O) groups is 1. The fourth-order valence-corrected chi connectivity index (χ4v) is 1.91. The van der Waals surface area contributed by atoms with Gasteiger partial charge < -0.3 is 5.11 Å². The van der Waals surface area contributed by atoms with Crippen molar-refractivity contribution in [3.8, 4) is 0 Å². The van der Waals surface area contributed by atoms with Crippen LogP contribution in [0.1, 0.15) is 19.4 Å². The van der Waals surface area contributed by atoms with Gasteiger partial charge in [0.25, 0.3) is 0 Å². The molecule has 0 unspecified atom stereocenters. The molecule has 0 aliphatic carbocycles. The molecule has 0 aliphatic heterocycles. The van der Waals surface area contributed by atoms with Crippen LogP contribution in [-0.2, 0) is 11.3 Å². The van der Waals surface area contributed by atoms with E-state index in [4.69, 9.17) is 5.11 Å². The summed E-state index contributed by atoms with van der Waals surface area (Å²) in [5.74, 6) is -11.5. The second-order valence-corrected chi connectivity index (χ2v) is 5.01. The first-order valence-electron chi connectivity index (χ1n) is 6.09. The molecule has 1 aromatic carbocycles. The minimum atomic E-state index is -2.23. The Morgan fingerprint density at radius 3 is 1.81 bits per heavy atom. The molecule has 0 fully saturated rings. The first-order valence-corrected chi connectivity index (χ1v) is 6.09. The van der Waals surface area contributed by atoms with E-state index in [1.807, 2.05) is 0 Å². The molecule has 21 heavy (non-hydrogen) atoms. The maximum Gasteiger partial charge on any atom is 0.317 e. The van der Waals surface area contributed by atoms with Crippen molar-refractivity contribution in [1.82, 2.24) is 4.90 Å². The Morgan fingerprint density at radius 2 is 1.43 bits per heavy atom. The van der Waals surface area contributed by atoms with Crippen molar-refractivity contribution in [3.63, 3.8) is 0 Å². The number of halogens is 5. The molecule has 0 heterocycles. The minimum absolute atomic E-state index is 0.0504. The summed E-state index contributed by atoms with van der Waals surface area (Å²) in [6.45, 7) is 2.33. The third-order valence-electron chi connectivity index (χ3n) is 2.66. The summed E-state index contributed by atoms with van der Waals surface area (Å²) < 4.78 is 66.2. The SMILES string of the molecule is CC(C)CN(CC(=O)O)Cc1c(F)c(F)c(F)c(F)c1F. The van der Waals surface area contributed by atoms with Gasteiger partial charge in [0.1, 0.15) is 0 Å². The van der Waals surface area contributed by atoms with Gasteiger partial charge in [-0.2, -0.15) is 0 Å². The zero-order chi connectivity index (χ0) is 16.3. The summed E-state index contributed by atoms with van der Waals surface area (Å²) in [4.78, 5) is 11.8. The van der Waals surface area contributed by atoms with Gasteiger partial charge >= 0.3 is 5.97 Å². The predicted molar refractivity (Wildman–Crippen MR) is 64.0 cm³/mol. The van der Waals surface area contributed by atoms with Gasteiger partial charge in [0.05, 0.1) is 6.54 Å². The lowest BCUT2D eigenvalue weighted by Crippen LogP contribution is -2.33. The van der Waals surface area contributed by atoms with E-state index < -0.39 is 53.7 Å². The number of carboxylic acids is 1. The summed E-state index contributed by atoms with van der Waals surface area (Å²) in [6, 6.07) is 0. The molecule has 0 atom stereocenters. The van der Waals surface area contributed by atoms with E-state index in [1.165, 1.54) is 0 Å². The summed E-state index contributed by atoms with van der Waals surface area (Å²) in [5.41, 5.74) is -1.03. The molecule has 0 radical (unpaired) electrons. The second-order valence-electron chi connectivity index (χ2n) is 5.01. The molecule has 118 valence electrons. The standard InChI is InChI=1S/C13H14F5NO2/c1-6(2)3-19(5-8(20)21)4-7-9(14)11(16)13(18)12(17)10(7)15/h6H,3-5H2,1-2H3,(H,20,21). The second kappa shape index (κ2) is 6.84. The molecule has 1 aromatic rings. The maximum atomic E-state index is 13.5. The average molecular weight is 311 g/mol. The van der Waals surface area contributed by atoms with E-state index in [1.54, 1.807) is 13.8 Å². The smallest absolute Gasteiger partial charge is 0.317 e. The largest absolute Gasteiger partial charge is 0.480 e. The van der Waals surface area contributed by atoms with Gasteiger partial charge in [0.2, 0.25) is 5.82 Å². The number of carboxylic acid groups (broad SMARTS) is 1. The Labute approximate surface area is 118 Å². The highest BCUT2D eigenvalue weighted by atomic mass is 19.2. The van der Waals surface area contributed by atoms with Gasteiger partial charge in [0.15, 0.2) is 23.3 Å². The molecule has 0 bridgehead atoms. The van der Waals surface area contributed by atoms with E-state index in [0.717, 1.165) is 4.90 Å². The van der Waals surface area contributed by atoms with E-state index >= 15 is 0 Å². The number of aliphatic carboxylic acids is 1. The van der Waals surface area contributed by atoms with Gasteiger partial charge in [-0.3, -0.25) is 9.69 Å². The van der Waals surface area contributed by atoms with E-state index in [9.17, 15) is 26.7 Å². The minimum Gasteiger partial charge on any atom is -0.480 e. The lowest BCUT2D eigenvalue weighted by Gasteiger charge is -2.23. The monoisotopic (exact) mass is 311 g/mol. The van der Waals surface area contributed by atoms with Gasteiger partial charge in [0, 0.05) is 18.7 Å². The van der Waals surface area contributed by atoms with Gasteiger partial charge in [-0.05, 0) is 5.92 Å². The van der Waals surface area contributed by atoms with Crippen LogP contribution in [0.2, 0.25) is 0 Å². The van der Waals surface area contributed by atoms with Gasteiger partial charge in [-0.1, -0.05) is 13.8 Å². The lowest BCUT2D eigenvalue weighted by molar-refractivity contribution is -0.138. The van der Waals surface area contributed by atoms with Crippen molar-refractivity contribution in [2.75, 3.05) is 13.1 Å². The van der Waals surface area contributed by atoms with Gasteiger partial charge in [-0.15, -0.1) is 0 Å². The highest BCUT2D eigenvalue weighted by Gasteiger charge is 2.27. The first-order chi connectivity index (χ1) is 9.65. The van der Waals surface area contributed by atoms with Crippen LogP contribution in [-0.4, -0.2) is 29.1 Å². The predicted octanol–water partition coefficient (Wildman–Crippen LogP) is 2.92. The summed E-state index contributed by atoms with van der Waals surface area (Å²) in [5, 5.41) is 8.73. The summed E-state index contributed by atoms with van der Waals surface area (Å²) >= 11 is 0. The Hall–Kier alpha value is -1.70. The zero-order valence-electron chi connectivity index (χ0n) is 11.4. The molecular formula is C13H14F5NO2. The summed E-state index contributed by atoms with van der Waals surface area (Å²) in [7, 11) is 0. The molecule has 0 aromatic heterocycles. The molecule has 3 nitrogen and oxygen atoms in total. The van der Waals surface area contributed by atoms with Crippen LogP contribution in [0.4, 0.5) is 22.0 Å². The zero-order valence-corrected chi connectivity index (χ0v) is 11.4. The normalized spacial score (nSPS) is 11.5. The third-order valence-corrected chi connectivity index (χ3v) is 2.66. The molecule has 0 aliphatic rings. The number of rotatable bonds is 6. The molecule has 1 rings (SSSR count). The molecule has 0 spiro atoms. The maximum absolute atomic E-state index is 13.5. The van der Waals surface area contributed by atoms with E-state index in [0.29, 0.717) is 0 Å². The van der Waals surface area contributed by atoms with Crippen molar-refractivity contribution in [2.45, 2.75) is 20.4 Å². The fourth-order valence-electron chi connectivity index (χ4n) is 1.91.